The predicted molar refractivity (Wildman–Crippen MR) is 170 cm³/mol. The molecule has 3 rings (SSSR count). The Bertz CT molecular complexity index is 1430. The summed E-state index contributed by atoms with van der Waals surface area (Å²) < 4.78 is 0. The number of carbonyl (C=O) groups is 3. The number of hydrogen-bond acceptors (Lipinski definition) is 9. The van der Waals surface area contributed by atoms with Gasteiger partial charge in [0.1, 0.15) is 17.5 Å². The third kappa shape index (κ3) is 10.6. The van der Waals surface area contributed by atoms with Crippen LogP contribution < -0.4 is 11.1 Å². The van der Waals surface area contributed by atoms with Crippen molar-refractivity contribution in [2.24, 2.45) is 5.73 Å². The van der Waals surface area contributed by atoms with Crippen LogP contribution in [0, 0.1) is 0 Å². The van der Waals surface area contributed by atoms with Gasteiger partial charge in [-0.25, -0.2) is 0 Å². The summed E-state index contributed by atoms with van der Waals surface area (Å²) in [5.74, 6) is -2.50. The van der Waals surface area contributed by atoms with Crippen molar-refractivity contribution in [3.05, 3.63) is 102 Å². The van der Waals surface area contributed by atoms with Gasteiger partial charge in [-0.1, -0.05) is 36.4 Å². The fourth-order valence-corrected chi connectivity index (χ4v) is 4.19. The molecule has 1 atom stereocenters. The molecule has 44 heavy (non-hydrogen) atoms. The van der Waals surface area contributed by atoms with Crippen LogP contribution in [0.2, 0.25) is 0 Å². The number of nitrogens with one attached hydrogen (secondary N) is 1. The van der Waals surface area contributed by atoms with Crippen molar-refractivity contribution in [1.82, 2.24) is 10.2 Å². The Labute approximate surface area is 256 Å². The minimum Gasteiger partial charge on any atom is -0.508 e. The lowest BCUT2D eigenvalue weighted by atomic mass is 10.0. The minimum atomic E-state index is -1.16. The molecule has 0 aliphatic rings. The molecule has 0 spiro atoms. The van der Waals surface area contributed by atoms with Gasteiger partial charge in [0, 0.05) is 12.2 Å². The average Bonchev–Trinajstić information content (AvgIpc) is 3.01. The highest BCUT2D eigenvalue weighted by atomic mass is 16.3. The highest BCUT2D eigenvalue weighted by molar-refractivity contribution is 6.12. The monoisotopic (exact) mass is 599 g/mol. The van der Waals surface area contributed by atoms with E-state index in [-0.39, 0.29) is 29.4 Å². The molecule has 0 aromatic heterocycles. The predicted octanol–water partition coefficient (Wildman–Crippen LogP) is 3.96. The molecule has 0 saturated carbocycles. The standard InChI is InChI=1S/C34H37N3O7/c35-20-2-22-36-21-1-3-29(30(40)16-8-26-9-17-31(41)32(42)23-26)37(33(43)18-10-24-4-12-27(38)13-5-24)34(44)19-11-25-6-14-28(39)15-7-25/h4-19,23,29,36,38-39,41-42H,1-3,20-22,35H2/b16-8+,18-10+,19-11+. The molecule has 10 heteroatoms. The van der Waals surface area contributed by atoms with Crippen molar-refractivity contribution in [3.8, 4) is 23.0 Å². The molecule has 0 bridgehead atoms. The number of amides is 2. The van der Waals surface area contributed by atoms with Crippen molar-refractivity contribution in [2.75, 3.05) is 19.6 Å². The Morgan fingerprint density at radius 3 is 1.70 bits per heavy atom. The van der Waals surface area contributed by atoms with E-state index in [0.29, 0.717) is 42.7 Å². The highest BCUT2D eigenvalue weighted by Crippen LogP contribution is 2.25. The lowest BCUT2D eigenvalue weighted by Gasteiger charge is -2.27. The minimum absolute atomic E-state index is 0.0594. The van der Waals surface area contributed by atoms with Crippen molar-refractivity contribution in [1.29, 1.82) is 0 Å². The molecule has 0 radical (unpaired) electrons. The first-order valence-corrected chi connectivity index (χ1v) is 14.1. The third-order valence-corrected chi connectivity index (χ3v) is 6.57. The van der Waals surface area contributed by atoms with Gasteiger partial charge in [0.2, 0.25) is 0 Å². The van der Waals surface area contributed by atoms with Gasteiger partial charge in [-0.2, -0.15) is 0 Å². The van der Waals surface area contributed by atoms with Crippen molar-refractivity contribution in [2.45, 2.75) is 25.3 Å². The van der Waals surface area contributed by atoms with Gasteiger partial charge in [-0.05, 0) is 110 Å². The number of phenols is 4. The number of carbonyl (C=O) groups excluding carboxylic acids is 3. The summed E-state index contributed by atoms with van der Waals surface area (Å²) in [6, 6.07) is 15.1. The number of imide groups is 1. The van der Waals surface area contributed by atoms with Crippen LogP contribution in [0.4, 0.5) is 0 Å². The van der Waals surface area contributed by atoms with Crippen LogP contribution in [0.5, 0.6) is 23.0 Å². The summed E-state index contributed by atoms with van der Waals surface area (Å²) in [4.78, 5) is 41.7. The third-order valence-electron chi connectivity index (χ3n) is 6.57. The molecule has 0 aliphatic carbocycles. The Hall–Kier alpha value is -5.19. The summed E-state index contributed by atoms with van der Waals surface area (Å²) in [6.07, 6.45) is 9.43. The fourth-order valence-electron chi connectivity index (χ4n) is 4.19. The number of phenolic OH excluding ortho intramolecular Hbond substituents is 4. The summed E-state index contributed by atoms with van der Waals surface area (Å²) in [6.45, 7) is 1.75. The average molecular weight is 600 g/mol. The van der Waals surface area contributed by atoms with Crippen molar-refractivity contribution < 1.29 is 34.8 Å². The first-order valence-electron chi connectivity index (χ1n) is 14.1. The van der Waals surface area contributed by atoms with E-state index in [4.69, 9.17) is 5.73 Å². The molecular formula is C34H37N3O7. The van der Waals surface area contributed by atoms with Crippen LogP contribution in [0.3, 0.4) is 0 Å². The first-order chi connectivity index (χ1) is 21.2. The molecule has 1 unspecified atom stereocenters. The Morgan fingerprint density at radius 2 is 1.18 bits per heavy atom. The van der Waals surface area contributed by atoms with E-state index in [2.05, 4.69) is 5.32 Å². The van der Waals surface area contributed by atoms with E-state index in [1.54, 1.807) is 24.3 Å². The smallest absolute Gasteiger partial charge is 0.254 e. The molecule has 3 aromatic carbocycles. The molecule has 2 amide bonds. The fraction of sp³-hybridized carbons (Fsp3) is 0.206. The van der Waals surface area contributed by atoms with Gasteiger partial charge < -0.3 is 31.5 Å². The van der Waals surface area contributed by atoms with Gasteiger partial charge in [-0.3, -0.25) is 19.3 Å². The molecule has 7 N–H and O–H groups in total. The Kier molecular flexibility index (Phi) is 12.9. The summed E-state index contributed by atoms with van der Waals surface area (Å²) >= 11 is 0. The lowest BCUT2D eigenvalue weighted by Crippen LogP contribution is -2.47. The van der Waals surface area contributed by atoms with Gasteiger partial charge in [0.25, 0.3) is 11.8 Å². The molecule has 0 saturated heterocycles. The van der Waals surface area contributed by atoms with E-state index in [1.165, 1.54) is 78.9 Å². The van der Waals surface area contributed by atoms with Crippen LogP contribution in [0.25, 0.3) is 18.2 Å². The molecule has 0 heterocycles. The van der Waals surface area contributed by atoms with Crippen LogP contribution in [-0.2, 0) is 14.4 Å². The molecular weight excluding hydrogens is 562 g/mol. The van der Waals surface area contributed by atoms with Crippen molar-refractivity contribution in [3.63, 3.8) is 0 Å². The number of rotatable bonds is 15. The summed E-state index contributed by atoms with van der Waals surface area (Å²) in [7, 11) is 0. The first kappa shape index (κ1) is 33.3. The van der Waals surface area contributed by atoms with E-state index in [9.17, 15) is 34.8 Å². The van der Waals surface area contributed by atoms with E-state index >= 15 is 0 Å². The molecule has 230 valence electrons. The Morgan fingerprint density at radius 1 is 0.682 bits per heavy atom. The molecule has 0 fully saturated rings. The van der Waals surface area contributed by atoms with Gasteiger partial charge >= 0.3 is 0 Å². The lowest BCUT2D eigenvalue weighted by molar-refractivity contribution is -0.145. The van der Waals surface area contributed by atoms with Gasteiger partial charge in [-0.15, -0.1) is 0 Å². The van der Waals surface area contributed by atoms with Crippen LogP contribution in [-0.4, -0.2) is 68.6 Å². The van der Waals surface area contributed by atoms with E-state index in [0.717, 1.165) is 11.3 Å². The summed E-state index contributed by atoms with van der Waals surface area (Å²) in [5, 5.41) is 41.8. The largest absolute Gasteiger partial charge is 0.508 e. The zero-order valence-corrected chi connectivity index (χ0v) is 24.2. The number of benzene rings is 3. The van der Waals surface area contributed by atoms with Crippen LogP contribution >= 0.6 is 0 Å². The van der Waals surface area contributed by atoms with E-state index < -0.39 is 23.6 Å². The van der Waals surface area contributed by atoms with Crippen LogP contribution in [0.15, 0.2) is 85.0 Å². The quantitative estimate of drug-likeness (QED) is 0.0859. The van der Waals surface area contributed by atoms with Gasteiger partial charge in [0.05, 0.1) is 0 Å². The Balaban J connectivity index is 1.94. The normalized spacial score (nSPS) is 12.2. The SMILES string of the molecule is NCCCNCCCC(C(=O)/C=C/c1ccc(O)c(O)c1)N(C(=O)/C=C/c1ccc(O)cc1)C(=O)/C=C/c1ccc(O)cc1. The number of aromatic hydroxyl groups is 4. The second kappa shape index (κ2) is 17.1. The second-order valence-corrected chi connectivity index (χ2v) is 9.93. The maximum absolute atomic E-state index is 13.6. The second-order valence-electron chi connectivity index (χ2n) is 9.93. The zero-order chi connectivity index (χ0) is 31.9. The number of ketones is 1. The van der Waals surface area contributed by atoms with Crippen LogP contribution in [0.1, 0.15) is 36.0 Å². The maximum atomic E-state index is 13.6. The van der Waals surface area contributed by atoms with Gasteiger partial charge in [0.15, 0.2) is 17.3 Å². The number of hydrogen-bond donors (Lipinski definition) is 6. The number of nitrogens with zero attached hydrogens (tertiary/aromatic N) is 1. The zero-order valence-electron chi connectivity index (χ0n) is 24.2. The topological polar surface area (TPSA) is 173 Å². The van der Waals surface area contributed by atoms with E-state index in [1.807, 2.05) is 0 Å². The maximum Gasteiger partial charge on any atom is 0.254 e. The highest BCUT2D eigenvalue weighted by Gasteiger charge is 2.31. The number of nitrogens with two attached hydrogens (primary N) is 1. The molecule has 3 aromatic rings. The molecule has 0 aliphatic heterocycles. The summed E-state index contributed by atoms with van der Waals surface area (Å²) in [5.41, 5.74) is 7.18. The molecule has 10 nitrogen and oxygen atoms in total. The van der Waals surface area contributed by atoms with Crippen molar-refractivity contribution >= 4 is 35.8 Å².